The Bertz CT molecular complexity index is 700. The molecule has 1 aliphatic rings. The molecule has 0 spiro atoms. The van der Waals surface area contributed by atoms with Gasteiger partial charge in [0.15, 0.2) is 0 Å². The highest BCUT2D eigenvalue weighted by Gasteiger charge is 2.48. The zero-order valence-corrected chi connectivity index (χ0v) is 12.9. The largest absolute Gasteiger partial charge is 0.497 e. The van der Waals surface area contributed by atoms with Crippen molar-refractivity contribution in [3.8, 4) is 5.75 Å². The van der Waals surface area contributed by atoms with E-state index in [1.807, 2.05) is 54.6 Å². The van der Waals surface area contributed by atoms with Crippen LogP contribution in [0.3, 0.4) is 0 Å². The molecule has 1 fully saturated rings. The summed E-state index contributed by atoms with van der Waals surface area (Å²) < 4.78 is 5.15. The normalized spacial score (nSPS) is 20.8. The van der Waals surface area contributed by atoms with Gasteiger partial charge in [-0.15, -0.1) is 0 Å². The van der Waals surface area contributed by atoms with E-state index in [0.717, 1.165) is 28.6 Å². The molecule has 0 aromatic heterocycles. The second-order valence-corrected chi connectivity index (χ2v) is 6.04. The number of methoxy groups -OCH3 is 1. The van der Waals surface area contributed by atoms with Crippen LogP contribution in [-0.2, 0) is 16.8 Å². The first kappa shape index (κ1) is 14.7. The number of hydrogen-bond acceptors (Lipinski definition) is 4. The summed E-state index contributed by atoms with van der Waals surface area (Å²) in [6.45, 7) is 0. The van der Waals surface area contributed by atoms with Crippen molar-refractivity contribution >= 4 is 22.1 Å². The topological polar surface area (TPSA) is 55.4 Å². The molecule has 1 atom stereocenters. The summed E-state index contributed by atoms with van der Waals surface area (Å²) in [5.74, 6) is 0.758. The zero-order chi connectivity index (χ0) is 15.6. The molecule has 0 aliphatic carbocycles. The minimum atomic E-state index is -1.00. The highest BCUT2D eigenvalue weighted by molar-refractivity contribution is 8.26. The summed E-state index contributed by atoms with van der Waals surface area (Å²) >= 11 is 0.735. The number of ether oxygens (including phenoxy) is 1. The van der Waals surface area contributed by atoms with E-state index in [9.17, 15) is 9.59 Å². The van der Waals surface area contributed by atoms with E-state index in [-0.39, 0.29) is 10.4 Å². The summed E-state index contributed by atoms with van der Waals surface area (Å²) in [6, 6.07) is 16.9. The fraction of sp³-hybridized carbons (Fsp3) is 0.176. The predicted molar refractivity (Wildman–Crippen MR) is 85.9 cm³/mol. The van der Waals surface area contributed by atoms with Gasteiger partial charge in [-0.1, -0.05) is 42.5 Å². The molecule has 2 aromatic carbocycles. The van der Waals surface area contributed by atoms with Crippen LogP contribution in [0.2, 0.25) is 0 Å². The molecule has 0 bridgehead atoms. The number of amides is 1. The number of carbonyl (C=O) groups is 2. The van der Waals surface area contributed by atoms with Gasteiger partial charge in [0.1, 0.15) is 11.3 Å². The molecule has 2 aromatic rings. The number of benzene rings is 2. The lowest BCUT2D eigenvalue weighted by Crippen LogP contribution is -2.45. The van der Waals surface area contributed by atoms with Gasteiger partial charge in [0.25, 0.3) is 5.24 Å². The Balaban J connectivity index is 1.99. The molecular weight excluding hydrogens is 298 g/mol. The first-order valence-corrected chi connectivity index (χ1v) is 7.68. The summed E-state index contributed by atoms with van der Waals surface area (Å²) in [6.07, 6.45) is 0.415. The molecule has 22 heavy (non-hydrogen) atoms. The number of thioether (sulfide) groups is 1. The van der Waals surface area contributed by atoms with Gasteiger partial charge in [-0.25, -0.2) is 0 Å². The van der Waals surface area contributed by atoms with Gasteiger partial charge in [0.2, 0.25) is 5.12 Å². The molecule has 5 heteroatoms. The maximum absolute atomic E-state index is 12.5. The fourth-order valence-electron chi connectivity index (χ4n) is 2.60. The van der Waals surface area contributed by atoms with Crippen LogP contribution in [0.4, 0.5) is 4.79 Å². The average molecular weight is 313 g/mol. The Morgan fingerprint density at radius 2 is 1.73 bits per heavy atom. The number of nitrogens with one attached hydrogen (secondary N) is 1. The third-order valence-electron chi connectivity index (χ3n) is 3.74. The third kappa shape index (κ3) is 2.60. The van der Waals surface area contributed by atoms with E-state index in [0.29, 0.717) is 6.42 Å². The van der Waals surface area contributed by atoms with Crippen LogP contribution in [0.5, 0.6) is 5.75 Å². The highest BCUT2D eigenvalue weighted by atomic mass is 32.2. The maximum atomic E-state index is 12.5. The van der Waals surface area contributed by atoms with Crippen molar-refractivity contribution in [2.75, 3.05) is 7.11 Å². The van der Waals surface area contributed by atoms with Crippen LogP contribution in [0, 0.1) is 0 Å². The van der Waals surface area contributed by atoms with E-state index in [2.05, 4.69) is 5.32 Å². The van der Waals surface area contributed by atoms with Crippen LogP contribution in [0.15, 0.2) is 54.6 Å². The van der Waals surface area contributed by atoms with Crippen LogP contribution in [-0.4, -0.2) is 17.5 Å². The van der Waals surface area contributed by atoms with Gasteiger partial charge in [-0.05, 0) is 23.3 Å². The molecular formula is C17H15NO3S. The third-order valence-corrected chi connectivity index (χ3v) is 4.57. The molecule has 0 saturated carbocycles. The summed E-state index contributed by atoms with van der Waals surface area (Å²) in [5.41, 5.74) is 0.757. The summed E-state index contributed by atoms with van der Waals surface area (Å²) in [5, 5.41) is 2.38. The molecule has 1 unspecified atom stereocenters. The Hall–Kier alpha value is -2.27. The summed E-state index contributed by atoms with van der Waals surface area (Å²) in [4.78, 5) is 24.2. The van der Waals surface area contributed by atoms with Crippen molar-refractivity contribution < 1.29 is 14.3 Å². The lowest BCUT2D eigenvalue weighted by atomic mass is 9.85. The minimum Gasteiger partial charge on any atom is -0.497 e. The summed E-state index contributed by atoms with van der Waals surface area (Å²) in [7, 11) is 1.61. The van der Waals surface area contributed by atoms with Gasteiger partial charge < -0.3 is 10.1 Å². The van der Waals surface area contributed by atoms with Gasteiger partial charge >= 0.3 is 0 Å². The standard InChI is InChI=1S/C17H15NO3S/c1-21-14-9-7-12(8-10-14)11-17(13-5-3-2-4-6-13)15(19)22-16(20)18-17/h2-10H,11H2,1H3,(H,18,20). The first-order chi connectivity index (χ1) is 10.6. The Labute approximate surface area is 132 Å². The fourth-order valence-corrected chi connectivity index (χ4v) is 3.41. The van der Waals surface area contributed by atoms with Crippen LogP contribution in [0.1, 0.15) is 11.1 Å². The first-order valence-electron chi connectivity index (χ1n) is 6.87. The van der Waals surface area contributed by atoms with Crippen LogP contribution in [0.25, 0.3) is 0 Å². The number of carbonyl (C=O) groups excluding carboxylic acids is 2. The van der Waals surface area contributed by atoms with Crippen molar-refractivity contribution in [3.63, 3.8) is 0 Å². The van der Waals surface area contributed by atoms with E-state index in [1.165, 1.54) is 0 Å². The number of rotatable bonds is 4. The Kier molecular flexibility index (Phi) is 3.90. The number of hydrogen-bond donors (Lipinski definition) is 1. The molecule has 1 heterocycles. The SMILES string of the molecule is COc1ccc(CC2(c3ccccc3)NC(=O)SC2=O)cc1. The lowest BCUT2D eigenvalue weighted by Gasteiger charge is -2.27. The van der Waals surface area contributed by atoms with Crippen molar-refractivity contribution in [1.29, 1.82) is 0 Å². The van der Waals surface area contributed by atoms with E-state index in [1.54, 1.807) is 7.11 Å². The Morgan fingerprint density at radius 1 is 1.05 bits per heavy atom. The highest BCUT2D eigenvalue weighted by Crippen LogP contribution is 2.37. The van der Waals surface area contributed by atoms with Crippen LogP contribution < -0.4 is 10.1 Å². The van der Waals surface area contributed by atoms with E-state index < -0.39 is 5.54 Å². The second kappa shape index (κ2) is 5.85. The molecule has 4 nitrogen and oxygen atoms in total. The average Bonchev–Trinajstić information content (AvgIpc) is 2.84. The van der Waals surface area contributed by atoms with Crippen molar-refractivity contribution in [2.45, 2.75) is 12.0 Å². The molecule has 1 amide bonds. The maximum Gasteiger partial charge on any atom is 0.287 e. The second-order valence-electron chi connectivity index (χ2n) is 5.10. The van der Waals surface area contributed by atoms with Gasteiger partial charge in [-0.2, -0.15) is 0 Å². The van der Waals surface area contributed by atoms with Gasteiger partial charge in [0.05, 0.1) is 7.11 Å². The molecule has 0 radical (unpaired) electrons. The van der Waals surface area contributed by atoms with Gasteiger partial charge in [0, 0.05) is 18.2 Å². The monoisotopic (exact) mass is 313 g/mol. The van der Waals surface area contributed by atoms with Gasteiger partial charge in [-0.3, -0.25) is 9.59 Å². The van der Waals surface area contributed by atoms with Crippen molar-refractivity contribution in [3.05, 3.63) is 65.7 Å². The molecule has 112 valence electrons. The van der Waals surface area contributed by atoms with Crippen molar-refractivity contribution in [1.82, 2.24) is 5.32 Å². The minimum absolute atomic E-state index is 0.167. The molecule has 3 rings (SSSR count). The van der Waals surface area contributed by atoms with Crippen molar-refractivity contribution in [2.24, 2.45) is 0 Å². The molecule has 1 aliphatic heterocycles. The smallest absolute Gasteiger partial charge is 0.287 e. The predicted octanol–water partition coefficient (Wildman–Crippen LogP) is 3.12. The molecule has 1 saturated heterocycles. The quantitative estimate of drug-likeness (QED) is 0.942. The zero-order valence-electron chi connectivity index (χ0n) is 12.0. The van der Waals surface area contributed by atoms with Crippen LogP contribution >= 0.6 is 11.8 Å². The Morgan fingerprint density at radius 3 is 2.27 bits per heavy atom. The lowest BCUT2D eigenvalue weighted by molar-refractivity contribution is -0.116. The molecule has 1 N–H and O–H groups in total. The van der Waals surface area contributed by atoms with E-state index >= 15 is 0 Å². The van der Waals surface area contributed by atoms with E-state index in [4.69, 9.17) is 4.74 Å².